The first-order valence-corrected chi connectivity index (χ1v) is 8.38. The van der Waals surface area contributed by atoms with Gasteiger partial charge in [0, 0.05) is 0 Å². The molecule has 0 N–H and O–H groups in total. The molecular formula is C18H33Cl. The Kier molecular flexibility index (Phi) is 19.2. The van der Waals surface area contributed by atoms with Gasteiger partial charge in [-0.2, -0.15) is 0 Å². The van der Waals surface area contributed by atoms with Gasteiger partial charge >= 0.3 is 0 Å². The molecule has 0 heterocycles. The first-order valence-electron chi connectivity index (χ1n) is 7.95. The fourth-order valence-electron chi connectivity index (χ4n) is 1.57. The Bertz CT molecular complexity index is 241. The predicted octanol–water partition coefficient (Wildman–Crippen LogP) is 7.38. The summed E-state index contributed by atoms with van der Waals surface area (Å²) < 4.78 is 0. The molecule has 1 rings (SSSR count). The average molecular weight is 285 g/mol. The zero-order valence-corrected chi connectivity index (χ0v) is 14.3. The number of halogens is 1. The molecule has 0 aliphatic heterocycles. The van der Waals surface area contributed by atoms with Gasteiger partial charge in [0.05, 0.1) is 5.38 Å². The summed E-state index contributed by atoms with van der Waals surface area (Å²) in [6, 6.07) is 10.3. The van der Waals surface area contributed by atoms with Crippen LogP contribution in [0.25, 0.3) is 0 Å². The highest BCUT2D eigenvalue weighted by Gasteiger charge is 2.04. The van der Waals surface area contributed by atoms with Gasteiger partial charge in [-0.3, -0.25) is 0 Å². The maximum absolute atomic E-state index is 6.18. The molecule has 1 unspecified atom stereocenters. The average Bonchev–Trinajstić information content (AvgIpc) is 2.49. The van der Waals surface area contributed by atoms with Crippen LogP contribution in [-0.2, 0) is 0 Å². The molecule has 19 heavy (non-hydrogen) atoms. The number of unbranched alkanes of at least 4 members (excludes halogenated alkanes) is 3. The summed E-state index contributed by atoms with van der Waals surface area (Å²) in [4.78, 5) is 0. The van der Waals surface area contributed by atoms with Crippen molar-refractivity contribution in [3.8, 4) is 0 Å². The normalized spacial score (nSPS) is 10.6. The topological polar surface area (TPSA) is 0 Å². The van der Waals surface area contributed by atoms with Crippen molar-refractivity contribution in [3.05, 3.63) is 35.9 Å². The molecule has 1 aromatic rings. The number of alkyl halides is 1. The molecule has 1 aromatic carbocycles. The summed E-state index contributed by atoms with van der Waals surface area (Å²) in [5.41, 5.74) is 1.24. The van der Waals surface area contributed by atoms with Crippen molar-refractivity contribution in [2.45, 2.75) is 78.5 Å². The molecule has 0 amide bonds. The third-order valence-corrected chi connectivity index (χ3v) is 3.15. The second-order valence-electron chi connectivity index (χ2n) is 4.37. The third kappa shape index (κ3) is 13.7. The molecule has 0 saturated heterocycles. The van der Waals surface area contributed by atoms with Crippen molar-refractivity contribution in [3.63, 3.8) is 0 Å². The van der Waals surface area contributed by atoms with Crippen LogP contribution in [-0.4, -0.2) is 0 Å². The summed E-state index contributed by atoms with van der Waals surface area (Å²) in [5, 5.41) is 0.200. The molecule has 0 aromatic heterocycles. The quantitative estimate of drug-likeness (QED) is 0.478. The molecular weight excluding hydrogens is 252 g/mol. The van der Waals surface area contributed by atoms with Crippen molar-refractivity contribution in [2.24, 2.45) is 0 Å². The van der Waals surface area contributed by atoms with E-state index in [2.05, 4.69) is 32.9 Å². The number of hydrogen-bond acceptors (Lipinski definition) is 0. The highest BCUT2D eigenvalue weighted by Crippen LogP contribution is 2.25. The van der Waals surface area contributed by atoms with E-state index in [1.54, 1.807) is 0 Å². The van der Waals surface area contributed by atoms with E-state index in [9.17, 15) is 0 Å². The van der Waals surface area contributed by atoms with E-state index in [0.29, 0.717) is 0 Å². The lowest BCUT2D eigenvalue weighted by molar-refractivity contribution is 0.701. The third-order valence-electron chi connectivity index (χ3n) is 2.68. The Morgan fingerprint density at radius 2 is 1.32 bits per heavy atom. The van der Waals surface area contributed by atoms with Gasteiger partial charge in [-0.1, -0.05) is 97.1 Å². The van der Waals surface area contributed by atoms with Gasteiger partial charge in [-0.15, -0.1) is 11.6 Å². The molecule has 1 atom stereocenters. The zero-order valence-electron chi connectivity index (χ0n) is 13.6. The van der Waals surface area contributed by atoms with Crippen LogP contribution in [0.3, 0.4) is 0 Å². The van der Waals surface area contributed by atoms with Crippen LogP contribution in [0.15, 0.2) is 30.3 Å². The zero-order chi connectivity index (χ0) is 14.9. The van der Waals surface area contributed by atoms with Crippen molar-refractivity contribution in [2.75, 3.05) is 0 Å². The van der Waals surface area contributed by atoms with E-state index in [1.807, 2.05) is 32.0 Å². The van der Waals surface area contributed by atoms with E-state index < -0.39 is 0 Å². The standard InChI is InChI=1S/C11H15Cl.C5H12.C2H6/c1-2-3-9-11(12)10-7-5-4-6-8-10;1-3-5-4-2;1-2/h4-8,11H,2-3,9H2,1H3;3-5H2,1-2H3;1-2H3. The first kappa shape index (κ1) is 20.8. The molecule has 0 bridgehead atoms. The van der Waals surface area contributed by atoms with Crippen LogP contribution in [0.5, 0.6) is 0 Å². The Balaban J connectivity index is 0. The second kappa shape index (κ2) is 17.5. The van der Waals surface area contributed by atoms with Crippen LogP contribution >= 0.6 is 11.6 Å². The summed E-state index contributed by atoms with van der Waals surface area (Å²) in [7, 11) is 0. The van der Waals surface area contributed by atoms with Crippen LogP contribution in [0.2, 0.25) is 0 Å². The smallest absolute Gasteiger partial charge is 0.0585 e. The molecule has 0 spiro atoms. The number of hydrogen-bond donors (Lipinski definition) is 0. The molecule has 0 aliphatic rings. The van der Waals surface area contributed by atoms with E-state index in [-0.39, 0.29) is 5.38 Å². The summed E-state index contributed by atoms with van der Waals surface area (Å²) in [5.74, 6) is 0. The van der Waals surface area contributed by atoms with Crippen LogP contribution < -0.4 is 0 Å². The second-order valence-corrected chi connectivity index (χ2v) is 4.90. The Morgan fingerprint density at radius 3 is 1.68 bits per heavy atom. The van der Waals surface area contributed by atoms with Gasteiger partial charge in [0.1, 0.15) is 0 Å². The van der Waals surface area contributed by atoms with Crippen LogP contribution in [0.4, 0.5) is 0 Å². The molecule has 0 radical (unpaired) electrons. The Hall–Kier alpha value is -0.490. The lowest BCUT2D eigenvalue weighted by Gasteiger charge is -2.07. The van der Waals surface area contributed by atoms with Gasteiger partial charge in [-0.05, 0) is 12.0 Å². The first-order chi connectivity index (χ1) is 9.26. The highest BCUT2D eigenvalue weighted by molar-refractivity contribution is 6.20. The molecule has 0 saturated carbocycles. The lowest BCUT2D eigenvalue weighted by atomic mass is 10.1. The Labute approximate surface area is 126 Å². The van der Waals surface area contributed by atoms with E-state index in [0.717, 1.165) is 6.42 Å². The SMILES string of the molecule is CC.CCCCC.CCCCC(Cl)c1ccccc1. The Morgan fingerprint density at radius 1 is 0.842 bits per heavy atom. The van der Waals surface area contributed by atoms with Crippen molar-refractivity contribution in [1.82, 2.24) is 0 Å². The van der Waals surface area contributed by atoms with Crippen molar-refractivity contribution >= 4 is 11.6 Å². The van der Waals surface area contributed by atoms with E-state index >= 15 is 0 Å². The largest absolute Gasteiger partial charge is 0.118 e. The minimum Gasteiger partial charge on any atom is -0.118 e. The number of benzene rings is 1. The van der Waals surface area contributed by atoms with Gasteiger partial charge in [0.2, 0.25) is 0 Å². The minimum absolute atomic E-state index is 0.200. The molecule has 1 heteroatoms. The maximum atomic E-state index is 6.18. The van der Waals surface area contributed by atoms with Gasteiger partial charge in [0.15, 0.2) is 0 Å². The predicted molar refractivity (Wildman–Crippen MR) is 91.1 cm³/mol. The van der Waals surface area contributed by atoms with Crippen LogP contribution in [0, 0.1) is 0 Å². The molecule has 112 valence electrons. The molecule has 0 fully saturated rings. The van der Waals surface area contributed by atoms with Crippen molar-refractivity contribution in [1.29, 1.82) is 0 Å². The van der Waals surface area contributed by atoms with Gasteiger partial charge < -0.3 is 0 Å². The lowest BCUT2D eigenvalue weighted by Crippen LogP contribution is -1.89. The fourth-order valence-corrected chi connectivity index (χ4v) is 1.87. The highest BCUT2D eigenvalue weighted by atomic mass is 35.5. The molecule has 0 nitrogen and oxygen atoms in total. The minimum atomic E-state index is 0.200. The van der Waals surface area contributed by atoms with Crippen LogP contribution in [0.1, 0.15) is 84.1 Å². The molecule has 0 aliphatic carbocycles. The van der Waals surface area contributed by atoms with Crippen molar-refractivity contribution < 1.29 is 0 Å². The number of rotatable bonds is 6. The van der Waals surface area contributed by atoms with E-state index in [4.69, 9.17) is 11.6 Å². The summed E-state index contributed by atoms with van der Waals surface area (Å²) in [6.07, 6.45) is 7.59. The summed E-state index contributed by atoms with van der Waals surface area (Å²) >= 11 is 6.18. The fraction of sp³-hybridized carbons (Fsp3) is 0.667. The van der Waals surface area contributed by atoms with E-state index in [1.165, 1.54) is 37.7 Å². The maximum Gasteiger partial charge on any atom is 0.0585 e. The monoisotopic (exact) mass is 284 g/mol. The van der Waals surface area contributed by atoms with Gasteiger partial charge in [0.25, 0.3) is 0 Å². The summed E-state index contributed by atoms with van der Waals surface area (Å²) in [6.45, 7) is 10.6. The van der Waals surface area contributed by atoms with Gasteiger partial charge in [-0.25, -0.2) is 0 Å².